The van der Waals surface area contributed by atoms with Gasteiger partial charge in [0.15, 0.2) is 0 Å². The van der Waals surface area contributed by atoms with Gasteiger partial charge in [0, 0.05) is 36.1 Å². The van der Waals surface area contributed by atoms with Crippen molar-refractivity contribution in [3.63, 3.8) is 0 Å². The number of aromatic nitrogens is 1. The van der Waals surface area contributed by atoms with E-state index < -0.39 is 0 Å². The first kappa shape index (κ1) is 18.7. The third-order valence-electron chi connectivity index (χ3n) is 5.56. The summed E-state index contributed by atoms with van der Waals surface area (Å²) in [6, 6.07) is 13.5. The highest BCUT2D eigenvalue weighted by atomic mass is 35.5. The van der Waals surface area contributed by atoms with E-state index in [0.29, 0.717) is 17.3 Å². The maximum Gasteiger partial charge on any atom is 0.272 e. The maximum absolute atomic E-state index is 13.5. The molecule has 1 aromatic heterocycles. The molecule has 1 atom stereocenters. The molecule has 0 bridgehead atoms. The summed E-state index contributed by atoms with van der Waals surface area (Å²) in [4.78, 5) is 15.4. The summed E-state index contributed by atoms with van der Waals surface area (Å²) in [5, 5.41) is 1.41. The molecule has 5 nitrogen and oxygen atoms in total. The number of rotatable bonds is 4. The molecular weight excluding hydrogens is 376 g/mol. The van der Waals surface area contributed by atoms with Crippen molar-refractivity contribution in [1.82, 2.24) is 9.47 Å². The molecule has 1 unspecified atom stereocenters. The molecule has 0 N–H and O–H groups in total. The average molecular weight is 399 g/mol. The SMILES string of the molecule is COc1ccc(C2CCCN2C(=O)c2c(Cl)c3ccccc3n2C)c(OC)c1. The maximum atomic E-state index is 13.5. The van der Waals surface area contributed by atoms with Crippen LogP contribution >= 0.6 is 11.6 Å². The van der Waals surface area contributed by atoms with E-state index in [9.17, 15) is 4.79 Å². The zero-order valence-corrected chi connectivity index (χ0v) is 17.0. The Balaban J connectivity index is 1.75. The number of methoxy groups -OCH3 is 2. The number of benzene rings is 2. The van der Waals surface area contributed by atoms with E-state index in [1.54, 1.807) is 14.2 Å². The first-order chi connectivity index (χ1) is 13.6. The number of carbonyl (C=O) groups excluding carboxylic acids is 1. The number of halogens is 1. The third kappa shape index (κ3) is 2.90. The predicted molar refractivity (Wildman–Crippen MR) is 110 cm³/mol. The normalized spacial score (nSPS) is 16.6. The van der Waals surface area contributed by atoms with Crippen LogP contribution in [0.25, 0.3) is 10.9 Å². The molecule has 4 rings (SSSR count). The highest BCUT2D eigenvalue weighted by Crippen LogP contribution is 2.40. The molecule has 1 saturated heterocycles. The van der Waals surface area contributed by atoms with Crippen LogP contribution in [0.4, 0.5) is 0 Å². The Morgan fingerprint density at radius 1 is 1.14 bits per heavy atom. The second kappa shape index (κ2) is 7.40. The molecule has 1 aliphatic rings. The van der Waals surface area contributed by atoms with Gasteiger partial charge in [0.25, 0.3) is 5.91 Å². The molecule has 0 radical (unpaired) electrons. The van der Waals surface area contributed by atoms with Gasteiger partial charge in [0.05, 0.1) is 25.3 Å². The Hall–Kier alpha value is -2.66. The Morgan fingerprint density at radius 2 is 1.93 bits per heavy atom. The summed E-state index contributed by atoms with van der Waals surface area (Å²) in [5.74, 6) is 1.41. The van der Waals surface area contributed by atoms with Gasteiger partial charge >= 0.3 is 0 Å². The van der Waals surface area contributed by atoms with Gasteiger partial charge in [-0.25, -0.2) is 0 Å². The zero-order valence-electron chi connectivity index (χ0n) is 16.2. The minimum Gasteiger partial charge on any atom is -0.497 e. The number of carbonyl (C=O) groups is 1. The first-order valence-corrected chi connectivity index (χ1v) is 9.70. The van der Waals surface area contributed by atoms with E-state index in [1.165, 1.54) is 0 Å². The summed E-state index contributed by atoms with van der Waals surface area (Å²) >= 11 is 6.62. The van der Waals surface area contributed by atoms with Crippen molar-refractivity contribution in [3.8, 4) is 11.5 Å². The van der Waals surface area contributed by atoms with Crippen molar-refractivity contribution < 1.29 is 14.3 Å². The van der Waals surface area contributed by atoms with E-state index >= 15 is 0 Å². The van der Waals surface area contributed by atoms with Crippen molar-refractivity contribution in [2.45, 2.75) is 18.9 Å². The summed E-state index contributed by atoms with van der Waals surface area (Å²) < 4.78 is 12.8. The van der Waals surface area contributed by atoms with Crippen molar-refractivity contribution >= 4 is 28.4 Å². The van der Waals surface area contributed by atoms with Gasteiger partial charge in [0.2, 0.25) is 0 Å². The number of aryl methyl sites for hydroxylation is 1. The van der Waals surface area contributed by atoms with Crippen LogP contribution < -0.4 is 9.47 Å². The first-order valence-electron chi connectivity index (χ1n) is 9.32. The summed E-state index contributed by atoms with van der Waals surface area (Å²) in [6.45, 7) is 0.691. The average Bonchev–Trinajstić information content (AvgIpc) is 3.31. The Labute approximate surface area is 169 Å². The third-order valence-corrected chi connectivity index (χ3v) is 5.94. The molecule has 0 spiro atoms. The highest BCUT2D eigenvalue weighted by molar-refractivity contribution is 6.38. The fraction of sp³-hybridized carbons (Fsp3) is 0.318. The van der Waals surface area contributed by atoms with Crippen LogP contribution in [0.1, 0.15) is 34.9 Å². The lowest BCUT2D eigenvalue weighted by Gasteiger charge is -2.27. The largest absolute Gasteiger partial charge is 0.497 e. The smallest absolute Gasteiger partial charge is 0.272 e. The fourth-order valence-corrected chi connectivity index (χ4v) is 4.51. The van der Waals surface area contributed by atoms with Gasteiger partial charge in [-0.05, 0) is 31.0 Å². The highest BCUT2D eigenvalue weighted by Gasteiger charge is 2.35. The molecule has 1 fully saturated rings. The molecule has 1 amide bonds. The minimum atomic E-state index is -0.0533. The summed E-state index contributed by atoms with van der Waals surface area (Å²) in [7, 11) is 5.16. The fourth-order valence-electron chi connectivity index (χ4n) is 4.15. The Bertz CT molecular complexity index is 1000. The number of likely N-dealkylation sites (tertiary alicyclic amines) is 1. The second-order valence-electron chi connectivity index (χ2n) is 7.00. The van der Waals surface area contributed by atoms with Gasteiger partial charge in [-0.2, -0.15) is 0 Å². The molecule has 0 aliphatic carbocycles. The number of fused-ring (bicyclic) bond motifs is 1. The topological polar surface area (TPSA) is 43.7 Å². The van der Waals surface area contributed by atoms with E-state index in [2.05, 4.69) is 0 Å². The number of ether oxygens (including phenoxy) is 2. The molecule has 0 saturated carbocycles. The molecule has 28 heavy (non-hydrogen) atoms. The number of hydrogen-bond acceptors (Lipinski definition) is 3. The molecule has 1 aliphatic heterocycles. The van der Waals surface area contributed by atoms with E-state index in [4.69, 9.17) is 21.1 Å². The van der Waals surface area contributed by atoms with E-state index in [1.807, 2.05) is 59.0 Å². The summed E-state index contributed by atoms with van der Waals surface area (Å²) in [6.07, 6.45) is 1.82. The van der Waals surface area contributed by atoms with Crippen molar-refractivity contribution in [3.05, 3.63) is 58.7 Å². The molecule has 6 heteroatoms. The quantitative estimate of drug-likeness (QED) is 0.632. The lowest BCUT2D eigenvalue weighted by Crippen LogP contribution is -2.32. The zero-order chi connectivity index (χ0) is 19.8. The van der Waals surface area contributed by atoms with E-state index in [-0.39, 0.29) is 11.9 Å². The van der Waals surface area contributed by atoms with Crippen molar-refractivity contribution in [2.24, 2.45) is 7.05 Å². The van der Waals surface area contributed by atoms with Crippen LogP contribution in [0, 0.1) is 0 Å². The predicted octanol–water partition coefficient (Wildman–Crippen LogP) is 4.83. The Morgan fingerprint density at radius 3 is 2.64 bits per heavy atom. The van der Waals surface area contributed by atoms with Gasteiger partial charge < -0.3 is 18.9 Å². The standard InChI is InChI=1S/C22H23ClN2O3/c1-24-17-8-5-4-7-16(17)20(23)21(24)22(26)25-12-6-9-18(25)15-11-10-14(27-2)13-19(15)28-3/h4-5,7-8,10-11,13,18H,6,9,12H2,1-3H3. The monoisotopic (exact) mass is 398 g/mol. The molecular formula is C22H23ClN2O3. The number of nitrogens with zero attached hydrogens (tertiary/aromatic N) is 2. The summed E-state index contributed by atoms with van der Waals surface area (Å²) in [5.41, 5.74) is 2.47. The van der Waals surface area contributed by atoms with Gasteiger partial charge in [0.1, 0.15) is 17.2 Å². The Kier molecular flexibility index (Phi) is 4.94. The van der Waals surface area contributed by atoms with Crippen LogP contribution in [0.15, 0.2) is 42.5 Å². The molecule has 146 valence electrons. The lowest BCUT2D eigenvalue weighted by molar-refractivity contribution is 0.0725. The van der Waals surface area contributed by atoms with E-state index in [0.717, 1.165) is 40.8 Å². The second-order valence-corrected chi connectivity index (χ2v) is 7.38. The number of hydrogen-bond donors (Lipinski definition) is 0. The number of amides is 1. The van der Waals surface area contributed by atoms with Gasteiger partial charge in [-0.3, -0.25) is 4.79 Å². The van der Waals surface area contributed by atoms with Crippen LogP contribution in [0.3, 0.4) is 0 Å². The molecule has 2 heterocycles. The van der Waals surface area contributed by atoms with Gasteiger partial charge in [-0.1, -0.05) is 29.8 Å². The van der Waals surface area contributed by atoms with Crippen molar-refractivity contribution in [2.75, 3.05) is 20.8 Å². The minimum absolute atomic E-state index is 0.0518. The number of para-hydroxylation sites is 1. The van der Waals surface area contributed by atoms with Crippen LogP contribution in [-0.2, 0) is 7.05 Å². The van der Waals surface area contributed by atoms with Crippen LogP contribution in [-0.4, -0.2) is 36.1 Å². The van der Waals surface area contributed by atoms with Crippen molar-refractivity contribution in [1.29, 1.82) is 0 Å². The molecule has 3 aromatic rings. The van der Waals surface area contributed by atoms with Crippen LogP contribution in [0.2, 0.25) is 5.02 Å². The lowest BCUT2D eigenvalue weighted by atomic mass is 10.0. The molecule has 2 aromatic carbocycles. The van der Waals surface area contributed by atoms with Gasteiger partial charge in [-0.15, -0.1) is 0 Å². The van der Waals surface area contributed by atoms with Crippen LogP contribution in [0.5, 0.6) is 11.5 Å².